The Labute approximate surface area is 85.4 Å². The van der Waals surface area contributed by atoms with Gasteiger partial charge in [0.25, 0.3) is 0 Å². The molecule has 1 aromatic carbocycles. The van der Waals surface area contributed by atoms with Crippen LogP contribution in [-0.4, -0.2) is 5.11 Å². The zero-order chi connectivity index (χ0) is 9.42. The summed E-state index contributed by atoms with van der Waals surface area (Å²) in [4.78, 5) is 0.875. The monoisotopic (exact) mass is 211 g/mol. The van der Waals surface area contributed by atoms with Gasteiger partial charge in [0.15, 0.2) is 0 Å². The van der Waals surface area contributed by atoms with Gasteiger partial charge >= 0.3 is 0 Å². The Kier molecular flexibility index (Phi) is 2.19. The lowest BCUT2D eigenvalue weighted by molar-refractivity contribution is 0.284. The summed E-state index contributed by atoms with van der Waals surface area (Å²) in [6.45, 7) is 0.0523. The first kappa shape index (κ1) is 8.87. The number of nitrogens with two attached hydrogens (primary N) is 1. The van der Waals surface area contributed by atoms with Gasteiger partial charge in [-0.3, -0.25) is 0 Å². The normalized spacial score (nSPS) is 10.9. The number of aliphatic hydroxyl groups excluding tert-OH is 1. The number of anilines is 1. The van der Waals surface area contributed by atoms with Crippen molar-refractivity contribution in [3.63, 3.8) is 0 Å². The number of thiol groups is 1. The number of hydrogen-bond acceptors (Lipinski definition) is 4. The van der Waals surface area contributed by atoms with Gasteiger partial charge in [0.1, 0.15) is 0 Å². The smallest absolute Gasteiger partial charge is 0.0696 e. The van der Waals surface area contributed by atoms with Crippen LogP contribution >= 0.6 is 24.0 Å². The summed E-state index contributed by atoms with van der Waals surface area (Å²) < 4.78 is 1.08. The Morgan fingerprint density at radius 1 is 1.46 bits per heavy atom. The number of nitrogen functional groups attached to an aromatic ring is 1. The second kappa shape index (κ2) is 3.21. The van der Waals surface area contributed by atoms with Gasteiger partial charge in [-0.1, -0.05) is 0 Å². The van der Waals surface area contributed by atoms with Crippen LogP contribution in [0.1, 0.15) is 5.56 Å². The molecule has 1 heterocycles. The predicted molar refractivity (Wildman–Crippen MR) is 59.4 cm³/mol. The molecule has 0 aliphatic rings. The molecule has 0 aliphatic heterocycles. The van der Waals surface area contributed by atoms with E-state index in [0.29, 0.717) is 5.69 Å². The molecule has 2 nitrogen and oxygen atoms in total. The van der Waals surface area contributed by atoms with Crippen molar-refractivity contribution in [2.45, 2.75) is 11.5 Å². The molecular weight excluding hydrogens is 202 g/mol. The Morgan fingerprint density at radius 2 is 2.23 bits per heavy atom. The van der Waals surface area contributed by atoms with Crippen molar-refractivity contribution in [2.24, 2.45) is 0 Å². The van der Waals surface area contributed by atoms with Gasteiger partial charge in [-0.15, -0.1) is 24.0 Å². The standard InChI is InChI=1S/C9H9NOS2/c10-6-1-7-5(3-11)4-13-9(7)8(12)2-6/h1-2,4,11-12H,3,10H2. The van der Waals surface area contributed by atoms with Crippen molar-refractivity contribution < 1.29 is 5.11 Å². The van der Waals surface area contributed by atoms with E-state index in [4.69, 9.17) is 10.8 Å². The third-order valence-electron chi connectivity index (χ3n) is 1.93. The molecule has 0 spiro atoms. The quantitative estimate of drug-likeness (QED) is 0.500. The molecule has 13 heavy (non-hydrogen) atoms. The third kappa shape index (κ3) is 1.41. The van der Waals surface area contributed by atoms with Crippen LogP contribution in [0.25, 0.3) is 10.1 Å². The fraction of sp³-hybridized carbons (Fsp3) is 0.111. The van der Waals surface area contributed by atoms with Crippen LogP contribution in [0, 0.1) is 0 Å². The van der Waals surface area contributed by atoms with E-state index in [0.717, 1.165) is 20.5 Å². The van der Waals surface area contributed by atoms with Gasteiger partial charge in [0, 0.05) is 20.7 Å². The van der Waals surface area contributed by atoms with E-state index in [1.54, 1.807) is 11.3 Å². The van der Waals surface area contributed by atoms with Crippen LogP contribution in [0.15, 0.2) is 22.4 Å². The van der Waals surface area contributed by atoms with E-state index in [9.17, 15) is 0 Å². The Bertz CT molecular complexity index is 450. The number of benzene rings is 1. The first-order chi connectivity index (χ1) is 6.22. The first-order valence-electron chi connectivity index (χ1n) is 3.82. The molecule has 4 heteroatoms. The summed E-state index contributed by atoms with van der Waals surface area (Å²) in [5, 5.41) is 12.0. The average molecular weight is 211 g/mol. The SMILES string of the molecule is Nc1cc(S)c2scc(CO)c2c1. The van der Waals surface area contributed by atoms with E-state index in [1.165, 1.54) is 0 Å². The average Bonchev–Trinajstić information content (AvgIpc) is 2.47. The number of rotatable bonds is 1. The predicted octanol–water partition coefficient (Wildman–Crippen LogP) is 2.26. The topological polar surface area (TPSA) is 46.2 Å². The van der Waals surface area contributed by atoms with Gasteiger partial charge in [-0.25, -0.2) is 0 Å². The molecule has 2 rings (SSSR count). The zero-order valence-corrected chi connectivity index (χ0v) is 8.53. The Balaban J connectivity index is 2.82. The van der Waals surface area contributed by atoms with Crippen LogP contribution in [0.3, 0.4) is 0 Å². The Hall–Kier alpha value is -0.710. The van der Waals surface area contributed by atoms with Crippen LogP contribution < -0.4 is 5.73 Å². The van der Waals surface area contributed by atoms with Gasteiger partial charge < -0.3 is 10.8 Å². The molecule has 68 valence electrons. The number of thiophene rings is 1. The van der Waals surface area contributed by atoms with Gasteiger partial charge in [-0.2, -0.15) is 0 Å². The minimum atomic E-state index is 0.0523. The van der Waals surface area contributed by atoms with Crippen LogP contribution in [0.2, 0.25) is 0 Å². The van der Waals surface area contributed by atoms with E-state index in [-0.39, 0.29) is 6.61 Å². The third-order valence-corrected chi connectivity index (χ3v) is 3.51. The highest BCUT2D eigenvalue weighted by molar-refractivity contribution is 7.80. The summed E-state index contributed by atoms with van der Waals surface area (Å²) in [6, 6.07) is 3.69. The first-order valence-corrected chi connectivity index (χ1v) is 5.14. The molecular formula is C9H9NOS2. The van der Waals surface area contributed by atoms with Crippen LogP contribution in [0.4, 0.5) is 5.69 Å². The molecule has 3 N–H and O–H groups in total. The van der Waals surface area contributed by atoms with Gasteiger partial charge in [-0.05, 0) is 23.1 Å². The molecule has 2 aromatic rings. The molecule has 0 unspecified atom stereocenters. The molecule has 0 bridgehead atoms. The van der Waals surface area contributed by atoms with Crippen LogP contribution in [-0.2, 0) is 6.61 Å². The second-order valence-corrected chi connectivity index (χ2v) is 4.20. The molecule has 0 amide bonds. The number of aliphatic hydroxyl groups is 1. The highest BCUT2D eigenvalue weighted by Gasteiger charge is 2.06. The molecule has 0 radical (unpaired) electrons. The van der Waals surface area contributed by atoms with Crippen molar-refractivity contribution in [3.8, 4) is 0 Å². The maximum absolute atomic E-state index is 9.05. The highest BCUT2D eigenvalue weighted by atomic mass is 32.1. The van der Waals surface area contributed by atoms with E-state index >= 15 is 0 Å². The van der Waals surface area contributed by atoms with Crippen molar-refractivity contribution in [2.75, 3.05) is 5.73 Å². The van der Waals surface area contributed by atoms with E-state index in [2.05, 4.69) is 12.6 Å². The van der Waals surface area contributed by atoms with Crippen molar-refractivity contribution in [1.29, 1.82) is 0 Å². The molecule has 1 aromatic heterocycles. The minimum Gasteiger partial charge on any atom is -0.399 e. The molecule has 0 fully saturated rings. The maximum Gasteiger partial charge on any atom is 0.0696 e. The highest BCUT2D eigenvalue weighted by Crippen LogP contribution is 2.33. The lowest BCUT2D eigenvalue weighted by Crippen LogP contribution is -1.85. The Morgan fingerprint density at radius 3 is 2.92 bits per heavy atom. The van der Waals surface area contributed by atoms with E-state index in [1.807, 2.05) is 17.5 Å². The number of hydrogen-bond donors (Lipinski definition) is 3. The molecule has 0 saturated carbocycles. The lowest BCUT2D eigenvalue weighted by Gasteiger charge is -1.99. The minimum absolute atomic E-state index is 0.0523. The second-order valence-electron chi connectivity index (χ2n) is 2.84. The molecule has 0 saturated heterocycles. The largest absolute Gasteiger partial charge is 0.399 e. The van der Waals surface area contributed by atoms with Crippen molar-refractivity contribution in [1.82, 2.24) is 0 Å². The number of fused-ring (bicyclic) bond motifs is 1. The maximum atomic E-state index is 9.05. The van der Waals surface area contributed by atoms with Crippen molar-refractivity contribution >= 4 is 39.7 Å². The summed E-state index contributed by atoms with van der Waals surface area (Å²) in [7, 11) is 0. The van der Waals surface area contributed by atoms with Gasteiger partial charge in [0.05, 0.1) is 6.61 Å². The fourth-order valence-electron chi connectivity index (χ4n) is 1.31. The van der Waals surface area contributed by atoms with Crippen LogP contribution in [0.5, 0.6) is 0 Å². The summed E-state index contributed by atoms with van der Waals surface area (Å²) >= 11 is 5.90. The summed E-state index contributed by atoms with van der Waals surface area (Å²) in [5.41, 5.74) is 7.29. The van der Waals surface area contributed by atoms with Gasteiger partial charge in [0.2, 0.25) is 0 Å². The molecule has 0 atom stereocenters. The molecule has 0 aliphatic carbocycles. The van der Waals surface area contributed by atoms with Crippen molar-refractivity contribution in [3.05, 3.63) is 23.1 Å². The fourth-order valence-corrected chi connectivity index (χ4v) is 2.70. The lowest BCUT2D eigenvalue weighted by atomic mass is 10.2. The summed E-state index contributed by atoms with van der Waals surface area (Å²) in [5.74, 6) is 0. The van der Waals surface area contributed by atoms with E-state index < -0.39 is 0 Å². The zero-order valence-electron chi connectivity index (χ0n) is 6.82. The summed E-state index contributed by atoms with van der Waals surface area (Å²) in [6.07, 6.45) is 0.